The summed E-state index contributed by atoms with van der Waals surface area (Å²) in [4.78, 5) is 10.9. The van der Waals surface area contributed by atoms with Crippen LogP contribution in [0.4, 0.5) is 0 Å². The van der Waals surface area contributed by atoms with Crippen LogP contribution in [0, 0.1) is 0 Å². The molecule has 0 aromatic heterocycles. The van der Waals surface area contributed by atoms with Crippen LogP contribution in [0.15, 0.2) is 12.2 Å². The first-order valence-corrected chi connectivity index (χ1v) is 6.14. The van der Waals surface area contributed by atoms with E-state index >= 15 is 0 Å². The molecule has 0 radical (unpaired) electrons. The first kappa shape index (κ1) is 13.4. The van der Waals surface area contributed by atoms with Gasteiger partial charge in [0.2, 0.25) is 0 Å². The van der Waals surface area contributed by atoms with Crippen LogP contribution in [0.3, 0.4) is 0 Å². The van der Waals surface area contributed by atoms with Crippen LogP contribution in [-0.4, -0.2) is 24.5 Å². The molecule has 0 aromatic carbocycles. The number of rotatable bonds is 7. The Balaban J connectivity index is 3.26. The summed E-state index contributed by atoms with van der Waals surface area (Å²) in [6.07, 6.45) is 4.33. The van der Waals surface area contributed by atoms with E-state index in [9.17, 15) is 4.79 Å². The summed E-state index contributed by atoms with van der Waals surface area (Å²) < 4.78 is 4.96. The predicted octanol–water partition coefficient (Wildman–Crippen LogP) is 3.04. The van der Waals surface area contributed by atoms with Crippen molar-refractivity contribution in [2.24, 2.45) is 0 Å². The molecule has 0 aliphatic carbocycles. The third kappa shape index (κ3) is 8.00. The minimum atomic E-state index is -0.277. The zero-order chi connectivity index (χ0) is 10.8. The molecule has 14 heavy (non-hydrogen) atoms. The fourth-order valence-corrected chi connectivity index (χ4v) is 1.47. The van der Waals surface area contributed by atoms with Gasteiger partial charge < -0.3 is 4.74 Å². The van der Waals surface area contributed by atoms with Crippen molar-refractivity contribution >= 4 is 20.0 Å². The quantitative estimate of drug-likeness (QED) is 0.282. The molecule has 0 saturated carbocycles. The molecule has 0 bridgehead atoms. The molecule has 0 fully saturated rings. The molecular formula is C11H19O2P. The summed E-state index contributed by atoms with van der Waals surface area (Å²) in [5.74, 6) is 1.99. The zero-order valence-corrected chi connectivity index (χ0v) is 9.98. The molecule has 0 rings (SSSR count). The van der Waals surface area contributed by atoms with Crippen molar-refractivity contribution in [1.82, 2.24) is 0 Å². The maximum Gasteiger partial charge on any atom is 0.333 e. The number of carbonyl (C=O) groups is 1. The minimum Gasteiger partial charge on any atom is -0.462 e. The predicted molar refractivity (Wildman–Crippen MR) is 63.1 cm³/mol. The molecule has 0 atom stereocenters. The van der Waals surface area contributed by atoms with Gasteiger partial charge in [-0.2, -0.15) is 0 Å². The molecule has 0 aliphatic heterocycles. The highest BCUT2D eigenvalue weighted by Crippen LogP contribution is 2.00. The first-order valence-electron chi connectivity index (χ1n) is 4.99. The lowest BCUT2D eigenvalue weighted by Crippen LogP contribution is -2.05. The Morgan fingerprint density at radius 3 is 2.79 bits per heavy atom. The number of carbonyl (C=O) groups excluding carboxylic acids is 1. The topological polar surface area (TPSA) is 26.3 Å². The van der Waals surface area contributed by atoms with Gasteiger partial charge in [0, 0.05) is 5.57 Å². The molecule has 3 heteroatoms. The summed E-state index contributed by atoms with van der Waals surface area (Å²) in [6, 6.07) is 0. The van der Waals surface area contributed by atoms with Crippen molar-refractivity contribution in [3.05, 3.63) is 12.2 Å². The second-order valence-corrected chi connectivity index (χ2v) is 4.46. The average Bonchev–Trinajstić information content (AvgIpc) is 2.16. The lowest BCUT2D eigenvalue weighted by Gasteiger charge is -2.02. The van der Waals surface area contributed by atoms with Gasteiger partial charge in [-0.25, -0.2) is 4.79 Å². The molecule has 0 heterocycles. The minimum absolute atomic E-state index is 0.277. The highest BCUT2D eigenvalue weighted by atomic mass is 31.1. The van der Waals surface area contributed by atoms with Crippen LogP contribution in [0.25, 0.3) is 0 Å². The van der Waals surface area contributed by atoms with E-state index < -0.39 is 0 Å². The number of ether oxygens (including phenoxy) is 1. The highest BCUT2D eigenvalue weighted by Gasteiger charge is 2.00. The number of hydrogen-bond acceptors (Lipinski definition) is 2. The monoisotopic (exact) mass is 214 g/mol. The molecule has 0 N–H and O–H groups in total. The maximum absolute atomic E-state index is 10.9. The van der Waals surface area contributed by atoms with Gasteiger partial charge >= 0.3 is 5.97 Å². The van der Waals surface area contributed by atoms with Crippen LogP contribution < -0.4 is 0 Å². The largest absolute Gasteiger partial charge is 0.462 e. The zero-order valence-electron chi connectivity index (χ0n) is 9.08. The van der Waals surface area contributed by atoms with Gasteiger partial charge in [0.1, 0.15) is 0 Å². The summed E-state index contributed by atoms with van der Waals surface area (Å²) in [5, 5.41) is 0. The van der Waals surface area contributed by atoms with E-state index in [0.717, 1.165) is 19.3 Å². The molecule has 0 saturated heterocycles. The van der Waals surface area contributed by atoms with Crippen LogP contribution in [0.5, 0.6) is 0 Å². The van der Waals surface area contributed by atoms with Crippen molar-refractivity contribution in [1.29, 1.82) is 0 Å². The molecule has 2 nitrogen and oxygen atoms in total. The second-order valence-electron chi connectivity index (χ2n) is 3.09. The maximum atomic E-state index is 10.9. The van der Waals surface area contributed by atoms with Crippen molar-refractivity contribution < 1.29 is 9.53 Å². The Bertz CT molecular complexity index is 209. The lowest BCUT2D eigenvalue weighted by molar-refractivity contribution is -0.139. The Morgan fingerprint density at radius 2 is 2.21 bits per heavy atom. The molecule has 0 spiro atoms. The van der Waals surface area contributed by atoms with E-state index in [1.165, 1.54) is 14.4 Å². The highest BCUT2D eigenvalue weighted by molar-refractivity contribution is 7.38. The normalized spacial score (nSPS) is 10.4. The van der Waals surface area contributed by atoms with Gasteiger partial charge in [-0.1, -0.05) is 19.3 Å². The van der Waals surface area contributed by atoms with Crippen LogP contribution in [0.1, 0.15) is 33.1 Å². The third-order valence-corrected chi connectivity index (χ3v) is 2.50. The lowest BCUT2D eigenvalue weighted by atomic mass is 10.3. The van der Waals surface area contributed by atoms with Crippen LogP contribution in [0.2, 0.25) is 0 Å². The van der Waals surface area contributed by atoms with Gasteiger partial charge in [-0.15, -0.1) is 8.20 Å². The second kappa shape index (κ2) is 8.96. The van der Waals surface area contributed by atoms with Gasteiger partial charge in [0.15, 0.2) is 0 Å². The van der Waals surface area contributed by atoms with E-state index in [0.29, 0.717) is 12.2 Å². The standard InChI is InChI=1S/C11H19O2P/c1-4-14-9-7-5-6-8-13-11(12)10(2)3/h9H,2,4-8H2,1,3H3. The van der Waals surface area contributed by atoms with Crippen molar-refractivity contribution in [3.63, 3.8) is 0 Å². The van der Waals surface area contributed by atoms with Crippen molar-refractivity contribution in [2.45, 2.75) is 33.1 Å². The van der Waals surface area contributed by atoms with E-state index in [-0.39, 0.29) is 5.97 Å². The Kier molecular flexibility index (Phi) is 8.56. The van der Waals surface area contributed by atoms with Gasteiger partial charge in [-0.05, 0) is 32.3 Å². The SMILES string of the molecule is C=C(C)C(=O)OCCCCC=PCC. The Labute approximate surface area is 88.1 Å². The Hall–Kier alpha value is -0.620. The van der Waals surface area contributed by atoms with Gasteiger partial charge in [0.05, 0.1) is 6.61 Å². The third-order valence-electron chi connectivity index (χ3n) is 1.62. The van der Waals surface area contributed by atoms with Gasteiger partial charge in [0.25, 0.3) is 0 Å². The van der Waals surface area contributed by atoms with E-state index in [2.05, 4.69) is 19.3 Å². The fourth-order valence-electron chi connectivity index (χ4n) is 0.846. The number of esters is 1. The molecule has 0 aromatic rings. The van der Waals surface area contributed by atoms with Gasteiger partial charge in [-0.3, -0.25) is 0 Å². The average molecular weight is 214 g/mol. The molecule has 80 valence electrons. The van der Waals surface area contributed by atoms with Crippen LogP contribution in [-0.2, 0) is 9.53 Å². The summed E-state index contributed by atoms with van der Waals surface area (Å²) in [5.41, 5.74) is 0.473. The molecule has 0 unspecified atom stereocenters. The smallest absolute Gasteiger partial charge is 0.333 e. The van der Waals surface area contributed by atoms with E-state index in [1.54, 1.807) is 6.92 Å². The molecule has 0 aliphatic rings. The molecular weight excluding hydrogens is 195 g/mol. The summed E-state index contributed by atoms with van der Waals surface area (Å²) >= 11 is 0. The number of hydrogen-bond donors (Lipinski definition) is 0. The van der Waals surface area contributed by atoms with Crippen molar-refractivity contribution in [3.8, 4) is 0 Å². The van der Waals surface area contributed by atoms with E-state index in [1.807, 2.05) is 0 Å². The Morgan fingerprint density at radius 1 is 1.50 bits per heavy atom. The summed E-state index contributed by atoms with van der Waals surface area (Å²) in [6.45, 7) is 7.85. The molecule has 0 amide bonds. The summed E-state index contributed by atoms with van der Waals surface area (Å²) in [7, 11) is 1.40. The van der Waals surface area contributed by atoms with E-state index in [4.69, 9.17) is 4.74 Å². The van der Waals surface area contributed by atoms with Crippen LogP contribution >= 0.6 is 8.20 Å². The van der Waals surface area contributed by atoms with Crippen molar-refractivity contribution in [2.75, 3.05) is 12.8 Å². The first-order chi connectivity index (χ1) is 6.68. The fraction of sp³-hybridized carbons (Fsp3) is 0.636. The number of unbranched alkanes of at least 4 members (excludes halogenated alkanes) is 2.